The Morgan fingerprint density at radius 2 is 1.66 bits per heavy atom. The third-order valence-corrected chi connectivity index (χ3v) is 9.73. The van der Waals surface area contributed by atoms with Gasteiger partial charge in [-0.15, -0.1) is 0 Å². The molecule has 0 aliphatic heterocycles. The summed E-state index contributed by atoms with van der Waals surface area (Å²) in [5.74, 6) is 0.911. The van der Waals surface area contributed by atoms with Gasteiger partial charge in [0, 0.05) is 17.8 Å². The van der Waals surface area contributed by atoms with Gasteiger partial charge in [-0.3, -0.25) is 14.4 Å². The van der Waals surface area contributed by atoms with Crippen LogP contribution in [0.3, 0.4) is 0 Å². The molecule has 0 N–H and O–H groups in total. The average Bonchev–Trinajstić information content (AvgIpc) is 3.08. The summed E-state index contributed by atoms with van der Waals surface area (Å²) in [5.41, 5.74) is 0.863. The minimum Gasteiger partial charge on any atom is -0.465 e. The Kier molecular flexibility index (Phi) is 6.98. The first-order valence-electron chi connectivity index (χ1n) is 13.3. The Balaban J connectivity index is 1.37. The molecule has 4 aliphatic rings. The van der Waals surface area contributed by atoms with Crippen molar-refractivity contribution in [2.24, 2.45) is 34.5 Å². The number of carbonyl (C=O) groups excluding carboxylic acids is 3. The molecule has 3 fully saturated rings. The monoisotopic (exact) mass is 442 g/mol. The molecule has 32 heavy (non-hydrogen) atoms. The minimum absolute atomic E-state index is 0.00911. The predicted octanol–water partition coefficient (Wildman–Crippen LogP) is 6.22. The maximum absolute atomic E-state index is 13.3. The fourth-order valence-electron chi connectivity index (χ4n) is 7.55. The first-order chi connectivity index (χ1) is 15.3. The number of hydrogen-bond donors (Lipinski definition) is 0. The van der Waals surface area contributed by atoms with Crippen LogP contribution in [-0.4, -0.2) is 24.1 Å². The molecule has 4 heteroatoms. The van der Waals surface area contributed by atoms with Gasteiger partial charge in [-0.1, -0.05) is 58.4 Å². The van der Waals surface area contributed by atoms with E-state index in [1.54, 1.807) is 0 Å². The zero-order chi connectivity index (χ0) is 22.9. The second-order valence-corrected chi connectivity index (χ2v) is 11.5. The highest BCUT2D eigenvalue weighted by Gasteiger charge is 2.61. The van der Waals surface area contributed by atoms with Gasteiger partial charge in [0.2, 0.25) is 0 Å². The summed E-state index contributed by atoms with van der Waals surface area (Å²) < 4.78 is 5.63. The molecule has 0 heterocycles. The van der Waals surface area contributed by atoms with Crippen LogP contribution in [0.4, 0.5) is 0 Å². The first kappa shape index (κ1) is 23.7. The van der Waals surface area contributed by atoms with E-state index >= 15 is 0 Å². The van der Waals surface area contributed by atoms with Crippen molar-refractivity contribution in [1.29, 1.82) is 0 Å². The van der Waals surface area contributed by atoms with Crippen molar-refractivity contribution in [3.63, 3.8) is 0 Å². The van der Waals surface area contributed by atoms with Gasteiger partial charge >= 0.3 is 5.97 Å². The molecule has 0 amide bonds. The van der Waals surface area contributed by atoms with Gasteiger partial charge in [-0.05, 0) is 68.3 Å². The van der Waals surface area contributed by atoms with Crippen LogP contribution in [0, 0.1) is 34.5 Å². The maximum Gasteiger partial charge on any atom is 0.309 e. The van der Waals surface area contributed by atoms with Crippen molar-refractivity contribution in [1.82, 2.24) is 0 Å². The minimum atomic E-state index is -0.296. The van der Waals surface area contributed by atoms with Crippen LogP contribution in [0.5, 0.6) is 0 Å². The number of fused-ring (bicyclic) bond motifs is 5. The molecule has 0 aromatic rings. The number of ether oxygens (including phenoxy) is 1. The van der Waals surface area contributed by atoms with Crippen LogP contribution < -0.4 is 0 Å². The molecule has 0 spiro atoms. The third kappa shape index (κ3) is 4.12. The quantitative estimate of drug-likeness (QED) is 0.331. The summed E-state index contributed by atoms with van der Waals surface area (Å²) in [5, 5.41) is 0. The van der Waals surface area contributed by atoms with Crippen LogP contribution in [0.15, 0.2) is 11.6 Å². The number of hydrogen-bond acceptors (Lipinski definition) is 4. The van der Waals surface area contributed by atoms with E-state index in [1.165, 1.54) is 31.3 Å². The van der Waals surface area contributed by atoms with Gasteiger partial charge in [0.05, 0.1) is 12.5 Å². The molecular weight excluding hydrogens is 400 g/mol. The van der Waals surface area contributed by atoms with E-state index in [0.29, 0.717) is 31.1 Å². The molecular formula is C28H42O4. The van der Waals surface area contributed by atoms with Crippen molar-refractivity contribution in [2.45, 2.75) is 104 Å². The molecule has 0 radical (unpaired) electrons. The highest BCUT2D eigenvalue weighted by molar-refractivity contribution is 5.97. The number of unbranched alkanes of at least 4 members (excludes halogenated alkanes) is 5. The SMILES string of the molecule is CCCCCCCCOC(=O)[C@H]1CC[C@@]2(C)C(=CC(=O)[C@@H]3[C@@H]2CC[C@]2(C)C(=O)CC[C@@H]32)C1. The van der Waals surface area contributed by atoms with E-state index in [-0.39, 0.29) is 40.3 Å². The normalized spacial score (nSPS) is 38.5. The summed E-state index contributed by atoms with van der Waals surface area (Å²) in [4.78, 5) is 38.6. The number of carbonyl (C=O) groups is 3. The molecule has 178 valence electrons. The molecule has 0 aromatic heterocycles. The molecule has 0 bridgehead atoms. The van der Waals surface area contributed by atoms with Crippen LogP contribution in [0.2, 0.25) is 0 Å². The largest absolute Gasteiger partial charge is 0.465 e. The second-order valence-electron chi connectivity index (χ2n) is 11.5. The lowest BCUT2D eigenvalue weighted by molar-refractivity contribution is -0.151. The fourth-order valence-corrected chi connectivity index (χ4v) is 7.55. The Morgan fingerprint density at radius 3 is 2.44 bits per heavy atom. The smallest absolute Gasteiger partial charge is 0.309 e. The van der Waals surface area contributed by atoms with E-state index < -0.39 is 0 Å². The van der Waals surface area contributed by atoms with Crippen molar-refractivity contribution >= 4 is 17.5 Å². The van der Waals surface area contributed by atoms with Crippen LogP contribution in [0.25, 0.3) is 0 Å². The van der Waals surface area contributed by atoms with E-state index in [4.69, 9.17) is 4.74 Å². The van der Waals surface area contributed by atoms with E-state index in [1.807, 2.05) is 6.08 Å². The molecule has 4 nitrogen and oxygen atoms in total. The zero-order valence-corrected chi connectivity index (χ0v) is 20.4. The molecule has 3 saturated carbocycles. The third-order valence-electron chi connectivity index (χ3n) is 9.73. The van der Waals surface area contributed by atoms with Gasteiger partial charge in [0.1, 0.15) is 5.78 Å². The summed E-state index contributed by atoms with van der Waals surface area (Å²) in [6.45, 7) is 7.16. The molecule has 0 aromatic carbocycles. The van der Waals surface area contributed by atoms with Crippen molar-refractivity contribution in [3.8, 4) is 0 Å². The lowest BCUT2D eigenvalue weighted by atomic mass is 9.47. The summed E-state index contributed by atoms with van der Waals surface area (Å²) in [7, 11) is 0. The van der Waals surface area contributed by atoms with Gasteiger partial charge in [0.15, 0.2) is 5.78 Å². The number of rotatable bonds is 8. The van der Waals surface area contributed by atoms with E-state index in [0.717, 1.165) is 44.9 Å². The standard InChI is InChI=1S/C28H42O4/c1-4-5-6-7-8-9-16-32-26(31)19-12-14-27(2)20(17-19)18-23(29)25-21-10-11-24(30)28(21,3)15-13-22(25)27/h18-19,21-22,25H,4-17H2,1-3H3/t19-,21-,22-,25-,27-,28-/m0/s1. The van der Waals surface area contributed by atoms with Gasteiger partial charge in [-0.2, -0.15) is 0 Å². The number of allylic oxidation sites excluding steroid dienone is 2. The van der Waals surface area contributed by atoms with Gasteiger partial charge in [-0.25, -0.2) is 0 Å². The molecule has 0 unspecified atom stereocenters. The molecule has 6 atom stereocenters. The number of ketones is 2. The number of esters is 1. The predicted molar refractivity (Wildman–Crippen MR) is 125 cm³/mol. The van der Waals surface area contributed by atoms with Crippen molar-refractivity contribution in [3.05, 3.63) is 11.6 Å². The van der Waals surface area contributed by atoms with Gasteiger partial charge < -0.3 is 4.74 Å². The molecule has 4 rings (SSSR count). The lowest BCUT2D eigenvalue weighted by Gasteiger charge is -2.55. The van der Waals surface area contributed by atoms with Crippen LogP contribution >= 0.6 is 0 Å². The van der Waals surface area contributed by atoms with Crippen LogP contribution in [-0.2, 0) is 19.1 Å². The highest BCUT2D eigenvalue weighted by atomic mass is 16.5. The van der Waals surface area contributed by atoms with Crippen LogP contribution in [0.1, 0.15) is 104 Å². The Morgan fingerprint density at radius 1 is 0.969 bits per heavy atom. The topological polar surface area (TPSA) is 60.4 Å². The maximum atomic E-state index is 13.3. The Labute approximate surface area is 193 Å². The molecule has 0 saturated heterocycles. The average molecular weight is 443 g/mol. The zero-order valence-electron chi connectivity index (χ0n) is 20.4. The molecule has 4 aliphatic carbocycles. The lowest BCUT2D eigenvalue weighted by Crippen LogP contribution is -2.53. The second kappa shape index (κ2) is 9.43. The number of Topliss-reactive ketones (excluding diaryl/α,β-unsaturated/α-hetero) is 1. The van der Waals surface area contributed by atoms with E-state index in [2.05, 4.69) is 20.8 Å². The fraction of sp³-hybridized carbons (Fsp3) is 0.821. The van der Waals surface area contributed by atoms with Crippen molar-refractivity contribution < 1.29 is 19.1 Å². The van der Waals surface area contributed by atoms with Crippen molar-refractivity contribution in [2.75, 3.05) is 6.61 Å². The Bertz CT molecular complexity index is 782. The van der Waals surface area contributed by atoms with E-state index in [9.17, 15) is 14.4 Å². The summed E-state index contributed by atoms with van der Waals surface area (Å²) in [6, 6.07) is 0. The van der Waals surface area contributed by atoms with Gasteiger partial charge in [0.25, 0.3) is 0 Å². The highest BCUT2D eigenvalue weighted by Crippen LogP contribution is 2.63. The summed E-state index contributed by atoms with van der Waals surface area (Å²) >= 11 is 0. The summed E-state index contributed by atoms with van der Waals surface area (Å²) in [6.07, 6.45) is 14.8. The Hall–Kier alpha value is -1.45. The first-order valence-corrected chi connectivity index (χ1v) is 13.3.